The number of aromatic hydroxyl groups is 1. The van der Waals surface area contributed by atoms with Crippen LogP contribution in [0.25, 0.3) is 11.1 Å². The molecule has 0 aliphatic rings. The fourth-order valence-electron chi connectivity index (χ4n) is 2.64. The monoisotopic (exact) mass is 411 g/mol. The lowest BCUT2D eigenvalue weighted by atomic mass is 10.1. The van der Waals surface area contributed by atoms with Gasteiger partial charge < -0.3 is 9.84 Å². The van der Waals surface area contributed by atoms with E-state index in [1.807, 2.05) is 42.6 Å². The number of nitro groups is 1. The predicted molar refractivity (Wildman–Crippen MR) is 111 cm³/mol. The topological polar surface area (TPSA) is 114 Å². The van der Waals surface area contributed by atoms with Gasteiger partial charge in [-0.05, 0) is 30.0 Å². The normalized spacial score (nSPS) is 10.8. The standard InChI is InChI=1S/C20H17N3O5S/c1-12-3-5-14(6-4-12)15-7-8-29-19(15)20(25)22-21-11-13-9-16(23(26)27)18(24)17(10-13)28-2/h3-11,24H,1-2H3,(H,22,25)/b21-11-. The Balaban J connectivity index is 1.79. The van der Waals surface area contributed by atoms with Gasteiger partial charge in [-0.3, -0.25) is 14.9 Å². The number of rotatable bonds is 6. The Labute approximate surface area is 170 Å². The number of benzene rings is 2. The summed E-state index contributed by atoms with van der Waals surface area (Å²) in [5.41, 5.74) is 5.04. The molecule has 8 nitrogen and oxygen atoms in total. The third-order valence-electron chi connectivity index (χ3n) is 4.11. The van der Waals surface area contributed by atoms with Crippen molar-refractivity contribution in [3.8, 4) is 22.6 Å². The SMILES string of the molecule is COc1cc(/C=N\NC(=O)c2sccc2-c2ccc(C)cc2)cc([N+](=O)[O-])c1O. The first-order valence-corrected chi connectivity index (χ1v) is 9.32. The van der Waals surface area contributed by atoms with E-state index in [-0.39, 0.29) is 11.3 Å². The second kappa shape index (κ2) is 8.53. The van der Waals surface area contributed by atoms with Crippen molar-refractivity contribution in [1.29, 1.82) is 0 Å². The van der Waals surface area contributed by atoms with Crippen LogP contribution in [0.4, 0.5) is 5.69 Å². The molecule has 0 bridgehead atoms. The smallest absolute Gasteiger partial charge is 0.315 e. The van der Waals surface area contributed by atoms with Gasteiger partial charge in [0.15, 0.2) is 5.75 Å². The van der Waals surface area contributed by atoms with E-state index in [4.69, 9.17) is 4.74 Å². The number of carbonyl (C=O) groups excluding carboxylic acids is 1. The van der Waals surface area contributed by atoms with Crippen molar-refractivity contribution in [2.75, 3.05) is 7.11 Å². The van der Waals surface area contributed by atoms with Gasteiger partial charge in [0.2, 0.25) is 5.75 Å². The number of nitrogens with zero attached hydrogens (tertiary/aromatic N) is 2. The molecule has 0 saturated carbocycles. The van der Waals surface area contributed by atoms with Crippen LogP contribution in [0.5, 0.6) is 11.5 Å². The second-order valence-electron chi connectivity index (χ2n) is 6.08. The van der Waals surface area contributed by atoms with Crippen LogP contribution in [-0.2, 0) is 0 Å². The van der Waals surface area contributed by atoms with Crippen LogP contribution in [-0.4, -0.2) is 29.3 Å². The van der Waals surface area contributed by atoms with Crippen LogP contribution in [0.15, 0.2) is 52.9 Å². The second-order valence-corrected chi connectivity index (χ2v) is 6.99. The van der Waals surface area contributed by atoms with Gasteiger partial charge in [0.25, 0.3) is 5.91 Å². The van der Waals surface area contributed by atoms with Gasteiger partial charge in [-0.15, -0.1) is 11.3 Å². The van der Waals surface area contributed by atoms with E-state index < -0.39 is 22.3 Å². The maximum atomic E-state index is 12.5. The zero-order valence-corrected chi connectivity index (χ0v) is 16.4. The number of nitro benzene ring substituents is 1. The van der Waals surface area contributed by atoms with Gasteiger partial charge >= 0.3 is 5.69 Å². The van der Waals surface area contributed by atoms with Crippen molar-refractivity contribution < 1.29 is 19.6 Å². The number of aryl methyl sites for hydroxylation is 1. The number of hydrogen-bond acceptors (Lipinski definition) is 7. The molecule has 0 atom stereocenters. The minimum absolute atomic E-state index is 0.0631. The van der Waals surface area contributed by atoms with Gasteiger partial charge in [0.05, 0.1) is 18.2 Å². The number of phenolic OH excluding ortho intramolecular Hbond substituents is 1. The summed E-state index contributed by atoms with van der Waals surface area (Å²) < 4.78 is 4.93. The largest absolute Gasteiger partial charge is 0.500 e. The Morgan fingerprint density at radius 1 is 1.28 bits per heavy atom. The summed E-state index contributed by atoms with van der Waals surface area (Å²) in [4.78, 5) is 23.3. The Morgan fingerprint density at radius 3 is 2.66 bits per heavy atom. The molecule has 0 radical (unpaired) electrons. The van der Waals surface area contributed by atoms with E-state index in [0.717, 1.165) is 22.8 Å². The molecule has 3 aromatic rings. The van der Waals surface area contributed by atoms with Crippen molar-refractivity contribution >= 4 is 29.1 Å². The summed E-state index contributed by atoms with van der Waals surface area (Å²) in [5, 5.41) is 26.5. The Kier molecular flexibility index (Phi) is 5.89. The molecular formula is C20H17N3O5S. The van der Waals surface area contributed by atoms with Crippen molar-refractivity contribution in [3.05, 3.63) is 74.0 Å². The number of methoxy groups -OCH3 is 1. The summed E-state index contributed by atoms with van der Waals surface area (Å²) in [6.07, 6.45) is 1.24. The first-order chi connectivity index (χ1) is 13.9. The molecule has 0 spiro atoms. The first kappa shape index (κ1) is 20.0. The number of ether oxygens (including phenoxy) is 1. The first-order valence-electron chi connectivity index (χ1n) is 8.44. The number of hydrogen-bond donors (Lipinski definition) is 2. The molecule has 0 aliphatic heterocycles. The molecule has 0 saturated heterocycles. The molecule has 0 unspecified atom stereocenters. The van der Waals surface area contributed by atoms with E-state index in [1.165, 1.54) is 30.7 Å². The molecule has 9 heteroatoms. The lowest BCUT2D eigenvalue weighted by Gasteiger charge is -2.05. The summed E-state index contributed by atoms with van der Waals surface area (Å²) in [5.74, 6) is -1.03. The Bertz CT molecular complexity index is 1090. The molecule has 0 aliphatic carbocycles. The lowest BCUT2D eigenvalue weighted by Crippen LogP contribution is -2.17. The highest BCUT2D eigenvalue weighted by atomic mass is 32.1. The number of nitrogens with one attached hydrogen (secondary N) is 1. The average Bonchev–Trinajstić information content (AvgIpc) is 3.19. The predicted octanol–water partition coefficient (Wildman–Crippen LogP) is 4.11. The number of thiophene rings is 1. The molecule has 29 heavy (non-hydrogen) atoms. The molecule has 148 valence electrons. The summed E-state index contributed by atoms with van der Waals surface area (Å²) in [7, 11) is 1.28. The van der Waals surface area contributed by atoms with Crippen molar-refractivity contribution in [1.82, 2.24) is 5.43 Å². The average molecular weight is 411 g/mol. The number of phenols is 1. The Morgan fingerprint density at radius 2 is 2.00 bits per heavy atom. The lowest BCUT2D eigenvalue weighted by molar-refractivity contribution is -0.386. The zero-order chi connectivity index (χ0) is 21.0. The molecule has 1 amide bonds. The highest BCUT2D eigenvalue weighted by Gasteiger charge is 2.19. The summed E-state index contributed by atoms with van der Waals surface area (Å²) in [6, 6.07) is 12.2. The minimum atomic E-state index is -0.729. The minimum Gasteiger partial charge on any atom is -0.500 e. The van der Waals surface area contributed by atoms with Gasteiger partial charge in [-0.25, -0.2) is 5.43 Å². The fourth-order valence-corrected chi connectivity index (χ4v) is 3.45. The van der Waals surface area contributed by atoms with Gasteiger partial charge in [-0.2, -0.15) is 5.10 Å². The van der Waals surface area contributed by atoms with Crippen LogP contribution >= 0.6 is 11.3 Å². The van der Waals surface area contributed by atoms with Crippen LogP contribution in [0.1, 0.15) is 20.8 Å². The van der Waals surface area contributed by atoms with E-state index >= 15 is 0 Å². The molecule has 1 aromatic heterocycles. The maximum absolute atomic E-state index is 12.5. The van der Waals surface area contributed by atoms with E-state index in [1.54, 1.807) is 0 Å². The highest BCUT2D eigenvalue weighted by molar-refractivity contribution is 7.12. The van der Waals surface area contributed by atoms with Crippen molar-refractivity contribution in [3.63, 3.8) is 0 Å². The number of hydrazone groups is 1. The number of carbonyl (C=O) groups is 1. The highest BCUT2D eigenvalue weighted by Crippen LogP contribution is 2.36. The van der Waals surface area contributed by atoms with E-state index in [9.17, 15) is 20.0 Å². The third kappa shape index (κ3) is 4.41. The third-order valence-corrected chi connectivity index (χ3v) is 5.02. The number of amides is 1. The van der Waals surface area contributed by atoms with Gasteiger partial charge in [0, 0.05) is 17.2 Å². The van der Waals surface area contributed by atoms with E-state index in [2.05, 4.69) is 10.5 Å². The van der Waals surface area contributed by atoms with E-state index in [0.29, 0.717) is 4.88 Å². The molecule has 2 aromatic carbocycles. The van der Waals surface area contributed by atoms with Gasteiger partial charge in [-0.1, -0.05) is 29.8 Å². The quantitative estimate of drug-likeness (QED) is 0.360. The maximum Gasteiger partial charge on any atom is 0.315 e. The molecule has 2 N–H and O–H groups in total. The van der Waals surface area contributed by atoms with Crippen LogP contribution < -0.4 is 10.2 Å². The molecular weight excluding hydrogens is 394 g/mol. The molecule has 3 rings (SSSR count). The van der Waals surface area contributed by atoms with Crippen LogP contribution in [0.2, 0.25) is 0 Å². The summed E-state index contributed by atoms with van der Waals surface area (Å²) >= 11 is 1.29. The van der Waals surface area contributed by atoms with Crippen molar-refractivity contribution in [2.24, 2.45) is 5.10 Å². The molecule has 0 fully saturated rings. The summed E-state index contributed by atoms with van der Waals surface area (Å²) in [6.45, 7) is 1.99. The molecule has 1 heterocycles. The van der Waals surface area contributed by atoms with Crippen LogP contribution in [0.3, 0.4) is 0 Å². The zero-order valence-electron chi connectivity index (χ0n) is 15.6. The Hall–Kier alpha value is -3.72. The van der Waals surface area contributed by atoms with Crippen LogP contribution in [0, 0.1) is 17.0 Å². The van der Waals surface area contributed by atoms with Gasteiger partial charge in [0.1, 0.15) is 4.88 Å². The fraction of sp³-hybridized carbons (Fsp3) is 0.100. The van der Waals surface area contributed by atoms with Crippen molar-refractivity contribution in [2.45, 2.75) is 6.92 Å².